The largest absolute Gasteiger partial charge is 0.374 e. The molecule has 0 heterocycles. The molecule has 6 nitrogen and oxygen atoms in total. The summed E-state index contributed by atoms with van der Waals surface area (Å²) in [5.74, 6) is -0.285. The second kappa shape index (κ2) is 7.79. The monoisotopic (exact) mass is 347 g/mol. The van der Waals surface area contributed by atoms with E-state index in [2.05, 4.69) is 17.6 Å². The van der Waals surface area contributed by atoms with E-state index in [0.29, 0.717) is 5.69 Å². The first kappa shape index (κ1) is 17.7. The Morgan fingerprint density at radius 1 is 1.29 bits per heavy atom. The van der Waals surface area contributed by atoms with Gasteiger partial charge >= 0.3 is 0 Å². The van der Waals surface area contributed by atoms with Gasteiger partial charge in [-0.1, -0.05) is 30.7 Å². The fourth-order valence-corrected chi connectivity index (χ4v) is 2.38. The van der Waals surface area contributed by atoms with Crippen LogP contribution in [0.2, 0.25) is 5.02 Å². The van der Waals surface area contributed by atoms with Gasteiger partial charge in [-0.15, -0.1) is 0 Å². The predicted molar refractivity (Wildman–Crippen MR) is 95.6 cm³/mol. The van der Waals surface area contributed by atoms with E-state index < -0.39 is 11.0 Å². The minimum Gasteiger partial charge on any atom is -0.374 e. The zero-order valence-corrected chi connectivity index (χ0v) is 14.1. The van der Waals surface area contributed by atoms with Crippen molar-refractivity contribution in [3.05, 3.63) is 63.2 Å². The molecule has 0 aliphatic heterocycles. The number of hydrogen-bond donors (Lipinski definition) is 2. The Labute approximate surface area is 145 Å². The van der Waals surface area contributed by atoms with Crippen molar-refractivity contribution in [1.82, 2.24) is 0 Å². The third kappa shape index (κ3) is 4.45. The highest BCUT2D eigenvalue weighted by Gasteiger charge is 2.16. The van der Waals surface area contributed by atoms with Gasteiger partial charge in [-0.3, -0.25) is 14.9 Å². The summed E-state index contributed by atoms with van der Waals surface area (Å²) in [6.07, 6.45) is 0.911. The van der Waals surface area contributed by atoms with Gasteiger partial charge < -0.3 is 10.6 Å². The van der Waals surface area contributed by atoms with E-state index in [1.807, 2.05) is 24.3 Å². The second-order valence-corrected chi connectivity index (χ2v) is 5.74. The van der Waals surface area contributed by atoms with Crippen LogP contribution in [0.25, 0.3) is 0 Å². The molecule has 0 saturated carbocycles. The summed E-state index contributed by atoms with van der Waals surface area (Å²) in [4.78, 5) is 22.4. The Morgan fingerprint density at radius 3 is 2.67 bits per heavy atom. The van der Waals surface area contributed by atoms with Crippen LogP contribution in [0.5, 0.6) is 0 Å². The minimum atomic E-state index is -0.539. The van der Waals surface area contributed by atoms with Crippen molar-refractivity contribution in [2.24, 2.45) is 0 Å². The highest BCUT2D eigenvalue weighted by Crippen LogP contribution is 2.26. The molecule has 2 N–H and O–H groups in total. The van der Waals surface area contributed by atoms with Gasteiger partial charge in [-0.2, -0.15) is 0 Å². The van der Waals surface area contributed by atoms with Gasteiger partial charge in [0.2, 0.25) is 5.91 Å². The van der Waals surface area contributed by atoms with Gasteiger partial charge in [-0.05, 0) is 37.1 Å². The van der Waals surface area contributed by atoms with E-state index in [1.54, 1.807) is 6.92 Å². The van der Waals surface area contributed by atoms with Crippen LogP contribution in [-0.2, 0) is 11.2 Å². The number of halogens is 1. The average Bonchev–Trinajstić information content (AvgIpc) is 2.56. The number of nitrogens with one attached hydrogen (secondary N) is 2. The third-order valence-electron chi connectivity index (χ3n) is 3.53. The molecule has 0 aromatic heterocycles. The van der Waals surface area contributed by atoms with E-state index in [9.17, 15) is 14.9 Å². The van der Waals surface area contributed by atoms with E-state index in [0.717, 1.165) is 12.1 Å². The quantitative estimate of drug-likeness (QED) is 0.604. The van der Waals surface area contributed by atoms with Gasteiger partial charge in [0.05, 0.1) is 15.6 Å². The Balaban J connectivity index is 2.04. The van der Waals surface area contributed by atoms with Crippen LogP contribution in [-0.4, -0.2) is 16.9 Å². The fourth-order valence-electron chi connectivity index (χ4n) is 2.16. The minimum absolute atomic E-state index is 0.123. The first-order valence-corrected chi connectivity index (χ1v) is 7.88. The molecule has 1 unspecified atom stereocenters. The van der Waals surface area contributed by atoms with E-state index in [-0.39, 0.29) is 16.6 Å². The summed E-state index contributed by atoms with van der Waals surface area (Å²) in [6, 6.07) is 11.3. The van der Waals surface area contributed by atoms with Gasteiger partial charge in [0.1, 0.15) is 6.04 Å². The summed E-state index contributed by atoms with van der Waals surface area (Å²) in [6.45, 7) is 3.79. The van der Waals surface area contributed by atoms with E-state index in [4.69, 9.17) is 11.6 Å². The third-order valence-corrected chi connectivity index (χ3v) is 3.85. The van der Waals surface area contributed by atoms with Gasteiger partial charge in [-0.25, -0.2) is 0 Å². The number of amides is 1. The van der Waals surface area contributed by atoms with Crippen molar-refractivity contribution in [2.45, 2.75) is 26.3 Å². The number of aryl methyl sites for hydroxylation is 1. The number of carbonyl (C=O) groups is 1. The summed E-state index contributed by atoms with van der Waals surface area (Å²) in [5.41, 5.74) is 2.24. The molecule has 0 saturated heterocycles. The van der Waals surface area contributed by atoms with Gasteiger partial charge in [0.25, 0.3) is 5.69 Å². The molecule has 0 fully saturated rings. The Kier molecular flexibility index (Phi) is 5.76. The molecule has 1 amide bonds. The number of hydrogen-bond acceptors (Lipinski definition) is 4. The van der Waals surface area contributed by atoms with E-state index in [1.165, 1.54) is 23.8 Å². The van der Waals surface area contributed by atoms with Gasteiger partial charge in [0.15, 0.2) is 0 Å². The summed E-state index contributed by atoms with van der Waals surface area (Å²) < 4.78 is 0. The van der Waals surface area contributed by atoms with Crippen LogP contribution in [0, 0.1) is 10.1 Å². The normalized spacial score (nSPS) is 11.6. The van der Waals surface area contributed by atoms with Crippen molar-refractivity contribution in [1.29, 1.82) is 0 Å². The SMILES string of the molecule is CCc1cccc(NC(C)C(=O)Nc2ccc([N+](=O)[O-])cc2Cl)c1. The lowest BCUT2D eigenvalue weighted by Gasteiger charge is -2.16. The molecule has 2 aromatic carbocycles. The number of nitrogens with zero attached hydrogens (tertiary/aromatic N) is 1. The molecule has 2 rings (SSSR count). The number of carbonyl (C=O) groups excluding carboxylic acids is 1. The topological polar surface area (TPSA) is 84.3 Å². The van der Waals surface area contributed by atoms with Crippen LogP contribution >= 0.6 is 11.6 Å². The number of rotatable bonds is 6. The first-order chi connectivity index (χ1) is 11.4. The number of benzene rings is 2. The zero-order chi connectivity index (χ0) is 17.7. The smallest absolute Gasteiger partial charge is 0.271 e. The summed E-state index contributed by atoms with van der Waals surface area (Å²) >= 11 is 5.98. The number of anilines is 2. The number of non-ortho nitro benzene ring substituents is 1. The highest BCUT2D eigenvalue weighted by molar-refractivity contribution is 6.34. The van der Waals surface area contributed by atoms with Crippen molar-refractivity contribution in [2.75, 3.05) is 10.6 Å². The van der Waals surface area contributed by atoms with Crippen LogP contribution in [0.3, 0.4) is 0 Å². The highest BCUT2D eigenvalue weighted by atomic mass is 35.5. The van der Waals surface area contributed by atoms with Crippen LogP contribution in [0.1, 0.15) is 19.4 Å². The van der Waals surface area contributed by atoms with Crippen LogP contribution < -0.4 is 10.6 Å². The van der Waals surface area contributed by atoms with Crippen LogP contribution in [0.15, 0.2) is 42.5 Å². The van der Waals surface area contributed by atoms with Gasteiger partial charge in [0, 0.05) is 17.8 Å². The molecule has 0 radical (unpaired) electrons. The maximum Gasteiger partial charge on any atom is 0.271 e. The summed E-state index contributed by atoms with van der Waals surface area (Å²) in [5, 5.41) is 16.6. The Bertz CT molecular complexity index is 764. The maximum atomic E-state index is 12.3. The fraction of sp³-hybridized carbons (Fsp3) is 0.235. The Morgan fingerprint density at radius 2 is 2.04 bits per heavy atom. The molecule has 126 valence electrons. The molecule has 1 atom stereocenters. The number of nitro benzene ring substituents is 1. The molecule has 0 bridgehead atoms. The lowest BCUT2D eigenvalue weighted by molar-refractivity contribution is -0.384. The molecule has 7 heteroatoms. The van der Waals surface area contributed by atoms with Crippen molar-refractivity contribution < 1.29 is 9.72 Å². The zero-order valence-electron chi connectivity index (χ0n) is 13.4. The molecular formula is C17H18ClN3O3. The van der Waals surface area contributed by atoms with E-state index >= 15 is 0 Å². The molecule has 0 aliphatic rings. The summed E-state index contributed by atoms with van der Waals surface area (Å²) in [7, 11) is 0. The lowest BCUT2D eigenvalue weighted by Crippen LogP contribution is -2.32. The second-order valence-electron chi connectivity index (χ2n) is 5.33. The average molecular weight is 348 g/mol. The van der Waals surface area contributed by atoms with Crippen LogP contribution in [0.4, 0.5) is 17.1 Å². The standard InChI is InChI=1S/C17H18ClN3O3/c1-3-12-5-4-6-13(9-12)19-11(2)17(22)20-16-8-7-14(21(23)24)10-15(16)18/h4-11,19H,3H2,1-2H3,(H,20,22). The molecule has 0 spiro atoms. The molecule has 0 aliphatic carbocycles. The van der Waals surface area contributed by atoms with Crippen molar-refractivity contribution in [3.63, 3.8) is 0 Å². The molecular weight excluding hydrogens is 330 g/mol. The lowest BCUT2D eigenvalue weighted by atomic mass is 10.1. The maximum absolute atomic E-state index is 12.3. The Hall–Kier alpha value is -2.60. The number of nitro groups is 1. The molecule has 24 heavy (non-hydrogen) atoms. The first-order valence-electron chi connectivity index (χ1n) is 7.51. The van der Waals surface area contributed by atoms with Crippen molar-refractivity contribution in [3.8, 4) is 0 Å². The molecule has 2 aromatic rings. The van der Waals surface area contributed by atoms with Crippen molar-refractivity contribution >= 4 is 34.6 Å². The predicted octanol–water partition coefficient (Wildman–Crippen LogP) is 4.25.